The summed E-state index contributed by atoms with van der Waals surface area (Å²) < 4.78 is 0. The molecule has 17 heavy (non-hydrogen) atoms. The maximum Gasteiger partial charge on any atom is 0.241 e. The van der Waals surface area contributed by atoms with Crippen LogP contribution in [0.15, 0.2) is 0 Å². The van der Waals surface area contributed by atoms with Gasteiger partial charge in [-0.2, -0.15) is 11.8 Å². The van der Waals surface area contributed by atoms with Gasteiger partial charge in [-0.15, -0.1) is 0 Å². The largest absolute Gasteiger partial charge is 0.325 e. The Balaban J connectivity index is 2.00. The van der Waals surface area contributed by atoms with Gasteiger partial charge in [-0.05, 0) is 36.2 Å². The van der Waals surface area contributed by atoms with Crippen molar-refractivity contribution in [2.75, 3.05) is 18.1 Å². The standard InChI is InChI=1S/C13H24N2OS/c1-4-11-14-12(9(2)3)13(16)15(11)7-10-5-6-17-8-10/h9-12,14H,4-8H2,1-3H3. The van der Waals surface area contributed by atoms with E-state index in [-0.39, 0.29) is 12.2 Å². The summed E-state index contributed by atoms with van der Waals surface area (Å²) >= 11 is 2.02. The minimum atomic E-state index is 0.0361. The lowest BCUT2D eigenvalue weighted by atomic mass is 10.0. The number of rotatable bonds is 4. The Bertz CT molecular complexity index is 277. The van der Waals surface area contributed by atoms with E-state index in [1.807, 2.05) is 11.8 Å². The summed E-state index contributed by atoms with van der Waals surface area (Å²) in [5, 5.41) is 3.48. The van der Waals surface area contributed by atoms with Crippen LogP contribution in [0.3, 0.4) is 0 Å². The molecule has 0 saturated carbocycles. The Labute approximate surface area is 109 Å². The van der Waals surface area contributed by atoms with Crippen molar-refractivity contribution in [2.45, 2.75) is 45.8 Å². The van der Waals surface area contributed by atoms with Crippen molar-refractivity contribution in [3.05, 3.63) is 0 Å². The second-order valence-corrected chi connectivity index (χ2v) is 6.68. The van der Waals surface area contributed by atoms with Crippen LogP contribution < -0.4 is 5.32 Å². The highest BCUT2D eigenvalue weighted by Crippen LogP contribution is 2.27. The van der Waals surface area contributed by atoms with Crippen LogP contribution in [-0.4, -0.2) is 41.1 Å². The maximum absolute atomic E-state index is 12.4. The van der Waals surface area contributed by atoms with Crippen molar-refractivity contribution in [3.63, 3.8) is 0 Å². The molecule has 4 heteroatoms. The molecule has 0 aromatic carbocycles. The molecule has 0 aliphatic carbocycles. The van der Waals surface area contributed by atoms with Gasteiger partial charge in [0, 0.05) is 6.54 Å². The molecule has 1 amide bonds. The SMILES string of the molecule is CCC1NC(C(C)C)C(=O)N1CC1CCSC1. The third-order valence-corrected chi connectivity index (χ3v) is 5.06. The zero-order chi connectivity index (χ0) is 12.4. The van der Waals surface area contributed by atoms with Gasteiger partial charge in [-0.3, -0.25) is 10.1 Å². The van der Waals surface area contributed by atoms with E-state index < -0.39 is 0 Å². The fraction of sp³-hybridized carbons (Fsp3) is 0.923. The molecule has 2 heterocycles. The molecule has 0 aromatic rings. The summed E-state index contributed by atoms with van der Waals surface area (Å²) in [6.45, 7) is 7.36. The predicted octanol–water partition coefficient (Wildman–Crippen LogP) is 1.93. The topological polar surface area (TPSA) is 32.3 Å². The van der Waals surface area contributed by atoms with Gasteiger partial charge in [0.1, 0.15) is 0 Å². The van der Waals surface area contributed by atoms with Gasteiger partial charge in [0.05, 0.1) is 12.2 Å². The fourth-order valence-corrected chi connectivity index (χ4v) is 4.01. The van der Waals surface area contributed by atoms with Gasteiger partial charge in [0.2, 0.25) is 5.91 Å². The molecular weight excluding hydrogens is 232 g/mol. The van der Waals surface area contributed by atoms with E-state index in [4.69, 9.17) is 0 Å². The summed E-state index contributed by atoms with van der Waals surface area (Å²) in [5.41, 5.74) is 0. The van der Waals surface area contributed by atoms with Crippen LogP contribution in [-0.2, 0) is 4.79 Å². The van der Waals surface area contributed by atoms with Crippen molar-refractivity contribution in [1.82, 2.24) is 10.2 Å². The van der Waals surface area contributed by atoms with Gasteiger partial charge in [-0.25, -0.2) is 0 Å². The molecular formula is C13H24N2OS. The molecule has 3 nitrogen and oxygen atoms in total. The van der Waals surface area contributed by atoms with Crippen molar-refractivity contribution in [3.8, 4) is 0 Å². The third kappa shape index (κ3) is 2.79. The Morgan fingerprint density at radius 1 is 1.53 bits per heavy atom. The molecule has 0 spiro atoms. The maximum atomic E-state index is 12.4. The molecule has 2 rings (SSSR count). The van der Waals surface area contributed by atoms with Crippen molar-refractivity contribution in [2.24, 2.45) is 11.8 Å². The van der Waals surface area contributed by atoms with Crippen molar-refractivity contribution >= 4 is 17.7 Å². The lowest BCUT2D eigenvalue weighted by molar-refractivity contribution is -0.131. The average molecular weight is 256 g/mol. The molecule has 3 unspecified atom stereocenters. The van der Waals surface area contributed by atoms with Crippen LogP contribution >= 0.6 is 11.8 Å². The van der Waals surface area contributed by atoms with Gasteiger partial charge in [0.25, 0.3) is 0 Å². The van der Waals surface area contributed by atoms with E-state index in [0.717, 1.165) is 13.0 Å². The molecule has 0 aromatic heterocycles. The number of thioether (sulfide) groups is 1. The first-order valence-corrected chi connectivity index (χ1v) is 7.93. The summed E-state index contributed by atoms with van der Waals surface area (Å²) in [4.78, 5) is 14.5. The van der Waals surface area contributed by atoms with Crippen LogP contribution in [0, 0.1) is 11.8 Å². The van der Waals surface area contributed by atoms with Crippen molar-refractivity contribution in [1.29, 1.82) is 0 Å². The Morgan fingerprint density at radius 3 is 2.82 bits per heavy atom. The van der Waals surface area contributed by atoms with E-state index in [9.17, 15) is 4.79 Å². The second-order valence-electron chi connectivity index (χ2n) is 5.53. The Hall–Kier alpha value is -0.220. The van der Waals surface area contributed by atoms with E-state index in [1.165, 1.54) is 17.9 Å². The van der Waals surface area contributed by atoms with Crippen LogP contribution in [0.5, 0.6) is 0 Å². The monoisotopic (exact) mass is 256 g/mol. The van der Waals surface area contributed by atoms with Crippen LogP contribution in [0.2, 0.25) is 0 Å². The number of hydrogen-bond acceptors (Lipinski definition) is 3. The number of nitrogens with one attached hydrogen (secondary N) is 1. The molecule has 98 valence electrons. The lowest BCUT2D eigenvalue weighted by Gasteiger charge is -2.25. The summed E-state index contributed by atoms with van der Waals surface area (Å²) in [6, 6.07) is 0.0361. The predicted molar refractivity (Wildman–Crippen MR) is 73.0 cm³/mol. The molecule has 0 radical (unpaired) electrons. The first-order valence-electron chi connectivity index (χ1n) is 6.77. The summed E-state index contributed by atoms with van der Waals surface area (Å²) in [5.74, 6) is 3.92. The lowest BCUT2D eigenvalue weighted by Crippen LogP contribution is -2.40. The minimum absolute atomic E-state index is 0.0361. The summed E-state index contributed by atoms with van der Waals surface area (Å²) in [6.07, 6.45) is 2.55. The van der Waals surface area contributed by atoms with E-state index in [1.54, 1.807) is 0 Å². The van der Waals surface area contributed by atoms with Gasteiger partial charge >= 0.3 is 0 Å². The number of amides is 1. The van der Waals surface area contributed by atoms with Crippen LogP contribution in [0.25, 0.3) is 0 Å². The number of carbonyl (C=O) groups excluding carboxylic acids is 1. The van der Waals surface area contributed by atoms with Crippen LogP contribution in [0.1, 0.15) is 33.6 Å². The van der Waals surface area contributed by atoms with E-state index >= 15 is 0 Å². The highest BCUT2D eigenvalue weighted by Gasteiger charge is 2.40. The first kappa shape index (κ1) is 13.2. The molecule has 0 bridgehead atoms. The smallest absolute Gasteiger partial charge is 0.241 e. The van der Waals surface area contributed by atoms with Gasteiger partial charge in [-0.1, -0.05) is 20.8 Å². The summed E-state index contributed by atoms with van der Waals surface area (Å²) in [7, 11) is 0. The van der Waals surface area contributed by atoms with Crippen LogP contribution in [0.4, 0.5) is 0 Å². The normalized spacial score (nSPS) is 34.0. The average Bonchev–Trinajstić information content (AvgIpc) is 2.89. The molecule has 2 fully saturated rings. The first-order chi connectivity index (χ1) is 8.13. The Kier molecular flexibility index (Phi) is 4.36. The minimum Gasteiger partial charge on any atom is -0.325 e. The fourth-order valence-electron chi connectivity index (χ4n) is 2.74. The van der Waals surface area contributed by atoms with E-state index in [2.05, 4.69) is 31.0 Å². The molecule has 2 saturated heterocycles. The molecule has 2 aliphatic rings. The quantitative estimate of drug-likeness (QED) is 0.834. The zero-order valence-electron chi connectivity index (χ0n) is 11.1. The van der Waals surface area contributed by atoms with E-state index in [0.29, 0.717) is 17.7 Å². The number of carbonyl (C=O) groups is 1. The highest BCUT2D eigenvalue weighted by atomic mass is 32.2. The van der Waals surface area contributed by atoms with Gasteiger partial charge in [0.15, 0.2) is 0 Å². The molecule has 2 aliphatic heterocycles. The highest BCUT2D eigenvalue weighted by molar-refractivity contribution is 7.99. The molecule has 3 atom stereocenters. The third-order valence-electron chi connectivity index (χ3n) is 3.83. The Morgan fingerprint density at radius 2 is 2.29 bits per heavy atom. The number of nitrogens with zero attached hydrogens (tertiary/aromatic N) is 1. The van der Waals surface area contributed by atoms with Crippen molar-refractivity contribution < 1.29 is 4.79 Å². The zero-order valence-corrected chi connectivity index (χ0v) is 11.9. The molecule has 1 N–H and O–H groups in total. The second kappa shape index (κ2) is 5.61. The van der Waals surface area contributed by atoms with Gasteiger partial charge < -0.3 is 4.90 Å². The number of hydrogen-bond donors (Lipinski definition) is 1.